The minimum Gasteiger partial charge on any atom is -0.321 e. The maximum Gasteiger partial charge on any atom is 0.272 e. The summed E-state index contributed by atoms with van der Waals surface area (Å²) < 4.78 is 26.1. The number of nitrogens with one attached hydrogen (secondary N) is 3. The smallest absolute Gasteiger partial charge is 0.272 e. The van der Waals surface area contributed by atoms with E-state index in [1.165, 1.54) is 18.2 Å². The molecule has 0 unspecified atom stereocenters. The number of aromatic amines is 2. The average molecular weight is 317 g/mol. The van der Waals surface area contributed by atoms with Crippen LogP contribution in [0.3, 0.4) is 0 Å². The topological polar surface area (TPSA) is 94.8 Å². The van der Waals surface area contributed by atoms with Crippen molar-refractivity contribution in [2.24, 2.45) is 0 Å². The summed E-state index contributed by atoms with van der Waals surface area (Å²) in [6.07, 6.45) is 0. The Labute approximate surface area is 126 Å². The molecule has 8 heteroatoms. The summed E-state index contributed by atoms with van der Waals surface area (Å²) in [5.74, 6) is -2.98. The fraction of sp³-hybridized carbons (Fsp3) is 0. The molecule has 1 aromatic heterocycles. The van der Waals surface area contributed by atoms with Crippen molar-refractivity contribution in [2.45, 2.75) is 0 Å². The third kappa shape index (κ3) is 2.61. The van der Waals surface area contributed by atoms with Crippen molar-refractivity contribution < 1.29 is 13.6 Å². The second-order valence-corrected chi connectivity index (χ2v) is 4.72. The number of halogens is 2. The lowest BCUT2D eigenvalue weighted by molar-refractivity contribution is 0.102. The van der Waals surface area contributed by atoms with Crippen LogP contribution in [0.4, 0.5) is 14.5 Å². The maximum atomic E-state index is 13.2. The Morgan fingerprint density at radius 2 is 1.70 bits per heavy atom. The van der Waals surface area contributed by atoms with E-state index in [0.29, 0.717) is 0 Å². The molecule has 1 amide bonds. The Hall–Kier alpha value is -3.29. The monoisotopic (exact) mass is 317 g/mol. The molecule has 0 radical (unpaired) electrons. The van der Waals surface area contributed by atoms with Gasteiger partial charge in [-0.15, -0.1) is 0 Å². The normalized spacial score (nSPS) is 10.7. The van der Waals surface area contributed by atoms with Crippen LogP contribution in [-0.2, 0) is 0 Å². The number of rotatable bonds is 2. The van der Waals surface area contributed by atoms with Gasteiger partial charge in [-0.1, -0.05) is 6.07 Å². The summed E-state index contributed by atoms with van der Waals surface area (Å²) in [5.41, 5.74) is -1.16. The van der Waals surface area contributed by atoms with Crippen LogP contribution in [0.1, 0.15) is 10.4 Å². The molecule has 0 aliphatic carbocycles. The van der Waals surface area contributed by atoms with E-state index in [9.17, 15) is 23.2 Å². The van der Waals surface area contributed by atoms with E-state index in [0.717, 1.165) is 18.2 Å². The Balaban J connectivity index is 2.06. The Morgan fingerprint density at radius 3 is 2.43 bits per heavy atom. The van der Waals surface area contributed by atoms with Gasteiger partial charge in [0, 0.05) is 5.56 Å². The number of hydrogen-bond donors (Lipinski definition) is 3. The molecule has 0 bridgehead atoms. The number of fused-ring (bicyclic) bond motifs is 1. The van der Waals surface area contributed by atoms with E-state index in [-0.39, 0.29) is 22.0 Å². The second-order valence-electron chi connectivity index (χ2n) is 4.72. The fourth-order valence-corrected chi connectivity index (χ4v) is 2.17. The highest BCUT2D eigenvalue weighted by Crippen LogP contribution is 2.18. The Bertz CT molecular complexity index is 1040. The molecule has 0 aliphatic heterocycles. The van der Waals surface area contributed by atoms with Gasteiger partial charge < -0.3 is 5.32 Å². The third-order valence-electron chi connectivity index (χ3n) is 3.26. The first-order valence-corrected chi connectivity index (χ1v) is 6.47. The first kappa shape index (κ1) is 14.6. The van der Waals surface area contributed by atoms with Crippen molar-refractivity contribution in [3.8, 4) is 0 Å². The SMILES string of the molecule is O=C(Nc1cccc2c(=O)[nH][nH]c(=O)c12)c1ccc(F)c(F)c1. The van der Waals surface area contributed by atoms with Crippen LogP contribution in [0.2, 0.25) is 0 Å². The molecular weight excluding hydrogens is 308 g/mol. The van der Waals surface area contributed by atoms with Crippen LogP contribution in [0.5, 0.6) is 0 Å². The Kier molecular flexibility index (Phi) is 3.49. The highest BCUT2D eigenvalue weighted by Gasteiger charge is 2.13. The van der Waals surface area contributed by atoms with E-state index < -0.39 is 28.7 Å². The van der Waals surface area contributed by atoms with Crippen molar-refractivity contribution in [3.05, 3.63) is 74.3 Å². The molecule has 0 saturated carbocycles. The van der Waals surface area contributed by atoms with Gasteiger partial charge in [0.05, 0.1) is 16.5 Å². The van der Waals surface area contributed by atoms with Crippen molar-refractivity contribution in [1.82, 2.24) is 10.2 Å². The molecule has 0 aliphatic rings. The second kappa shape index (κ2) is 5.48. The predicted octanol–water partition coefficient (Wildman–Crippen LogP) is 1.75. The summed E-state index contributed by atoms with van der Waals surface area (Å²) in [7, 11) is 0. The standard InChI is InChI=1S/C15H9F2N3O3/c16-9-5-4-7(6-10(9)17)13(21)18-11-3-1-2-8-12(11)15(23)20-19-14(8)22/h1-6H,(H,18,21)(H,19,22)(H,20,23). The summed E-state index contributed by atoms with van der Waals surface area (Å²) in [5, 5.41) is 6.83. The van der Waals surface area contributed by atoms with Crippen LogP contribution in [0, 0.1) is 11.6 Å². The highest BCUT2D eigenvalue weighted by atomic mass is 19.2. The van der Waals surface area contributed by atoms with E-state index in [2.05, 4.69) is 15.5 Å². The number of aromatic nitrogens is 2. The zero-order chi connectivity index (χ0) is 16.6. The lowest BCUT2D eigenvalue weighted by atomic mass is 10.1. The molecule has 0 spiro atoms. The number of benzene rings is 2. The van der Waals surface area contributed by atoms with Gasteiger partial charge in [-0.25, -0.2) is 8.78 Å². The molecule has 3 rings (SSSR count). The van der Waals surface area contributed by atoms with Gasteiger partial charge in [-0.2, -0.15) is 0 Å². The molecule has 1 heterocycles. The summed E-state index contributed by atoms with van der Waals surface area (Å²) in [6, 6.07) is 7.01. The van der Waals surface area contributed by atoms with E-state index >= 15 is 0 Å². The summed E-state index contributed by atoms with van der Waals surface area (Å²) in [6.45, 7) is 0. The molecule has 3 N–H and O–H groups in total. The van der Waals surface area contributed by atoms with Gasteiger partial charge in [0.1, 0.15) is 0 Å². The Morgan fingerprint density at radius 1 is 0.957 bits per heavy atom. The van der Waals surface area contributed by atoms with E-state index in [1.807, 2.05) is 0 Å². The molecule has 3 aromatic rings. The molecular formula is C15H9F2N3O3. The number of hydrogen-bond acceptors (Lipinski definition) is 3. The van der Waals surface area contributed by atoms with Crippen LogP contribution < -0.4 is 16.4 Å². The minimum absolute atomic E-state index is 0.00724. The first-order chi connectivity index (χ1) is 11.0. The lowest BCUT2D eigenvalue weighted by Gasteiger charge is -2.08. The zero-order valence-electron chi connectivity index (χ0n) is 11.4. The van der Waals surface area contributed by atoms with Crippen LogP contribution >= 0.6 is 0 Å². The van der Waals surface area contributed by atoms with Crippen LogP contribution in [-0.4, -0.2) is 16.1 Å². The maximum absolute atomic E-state index is 13.2. The molecule has 6 nitrogen and oxygen atoms in total. The largest absolute Gasteiger partial charge is 0.321 e. The molecule has 0 atom stereocenters. The molecule has 2 aromatic carbocycles. The molecule has 116 valence electrons. The number of carbonyl (C=O) groups excluding carboxylic acids is 1. The van der Waals surface area contributed by atoms with Crippen LogP contribution in [0.25, 0.3) is 10.8 Å². The van der Waals surface area contributed by atoms with Gasteiger partial charge >= 0.3 is 0 Å². The number of amides is 1. The van der Waals surface area contributed by atoms with Gasteiger partial charge in [-0.05, 0) is 30.3 Å². The van der Waals surface area contributed by atoms with Crippen molar-refractivity contribution in [2.75, 3.05) is 5.32 Å². The fourth-order valence-electron chi connectivity index (χ4n) is 2.17. The average Bonchev–Trinajstić information content (AvgIpc) is 2.53. The number of anilines is 1. The molecule has 0 saturated heterocycles. The number of carbonyl (C=O) groups is 1. The lowest BCUT2D eigenvalue weighted by Crippen LogP contribution is -2.21. The van der Waals surface area contributed by atoms with E-state index in [4.69, 9.17) is 0 Å². The van der Waals surface area contributed by atoms with Crippen molar-refractivity contribution >= 4 is 22.4 Å². The van der Waals surface area contributed by atoms with Gasteiger partial charge in [0.25, 0.3) is 17.0 Å². The molecule has 0 fully saturated rings. The van der Waals surface area contributed by atoms with Gasteiger partial charge in [-0.3, -0.25) is 24.6 Å². The van der Waals surface area contributed by atoms with E-state index in [1.54, 1.807) is 0 Å². The predicted molar refractivity (Wildman–Crippen MR) is 79.5 cm³/mol. The van der Waals surface area contributed by atoms with Gasteiger partial charge in [0.2, 0.25) is 0 Å². The van der Waals surface area contributed by atoms with Gasteiger partial charge in [0.15, 0.2) is 11.6 Å². The highest BCUT2D eigenvalue weighted by molar-refractivity contribution is 6.08. The zero-order valence-corrected chi connectivity index (χ0v) is 11.4. The molecule has 23 heavy (non-hydrogen) atoms. The minimum atomic E-state index is -1.16. The first-order valence-electron chi connectivity index (χ1n) is 6.47. The van der Waals surface area contributed by atoms with Crippen molar-refractivity contribution in [1.29, 1.82) is 0 Å². The third-order valence-corrected chi connectivity index (χ3v) is 3.26. The van der Waals surface area contributed by atoms with Crippen molar-refractivity contribution in [3.63, 3.8) is 0 Å². The van der Waals surface area contributed by atoms with Crippen LogP contribution in [0.15, 0.2) is 46.0 Å². The summed E-state index contributed by atoms with van der Waals surface area (Å²) >= 11 is 0. The summed E-state index contributed by atoms with van der Waals surface area (Å²) in [4.78, 5) is 35.7. The number of H-pyrrole nitrogens is 2. The quantitative estimate of drug-likeness (QED) is 0.672.